The largest absolute Gasteiger partial charge is 0.489 e. The number of nitriles is 1. The van der Waals surface area contributed by atoms with Gasteiger partial charge in [0.15, 0.2) is 0 Å². The zero-order valence-electron chi connectivity index (χ0n) is 9.99. The minimum absolute atomic E-state index is 0.338. The minimum Gasteiger partial charge on any atom is -0.489 e. The van der Waals surface area contributed by atoms with Crippen molar-refractivity contribution >= 4 is 5.69 Å². The molecule has 1 aromatic carbocycles. The van der Waals surface area contributed by atoms with Crippen LogP contribution in [-0.2, 0) is 0 Å². The maximum atomic E-state index is 8.85. The molecule has 0 saturated heterocycles. The predicted molar refractivity (Wildman–Crippen MR) is 67.2 cm³/mol. The summed E-state index contributed by atoms with van der Waals surface area (Å²) in [5.74, 6) is 0.842. The summed E-state index contributed by atoms with van der Waals surface area (Å²) in [5, 5.41) is 15.4. The lowest BCUT2D eigenvalue weighted by Crippen LogP contribution is -2.32. The summed E-state index contributed by atoms with van der Waals surface area (Å²) in [5.41, 5.74) is 1.60. The molecule has 0 aromatic heterocycles. The molecule has 1 aliphatic rings. The second-order valence-corrected chi connectivity index (χ2v) is 4.22. The Morgan fingerprint density at radius 2 is 2.47 bits per heavy atom. The van der Waals surface area contributed by atoms with Crippen LogP contribution in [0.3, 0.4) is 0 Å². The van der Waals surface area contributed by atoms with Gasteiger partial charge in [-0.05, 0) is 44.6 Å². The molecule has 4 heteroatoms. The number of nitrogens with one attached hydrogen (secondary N) is 2. The molecule has 1 atom stereocenters. The van der Waals surface area contributed by atoms with E-state index in [1.165, 1.54) is 0 Å². The Morgan fingerprint density at radius 3 is 3.24 bits per heavy atom. The number of rotatable bonds is 4. The highest BCUT2D eigenvalue weighted by atomic mass is 16.5. The van der Waals surface area contributed by atoms with Gasteiger partial charge in [-0.2, -0.15) is 5.26 Å². The summed E-state index contributed by atoms with van der Waals surface area (Å²) in [6.45, 7) is 1.71. The van der Waals surface area contributed by atoms with E-state index in [1.54, 1.807) is 6.07 Å². The van der Waals surface area contributed by atoms with Crippen LogP contribution in [0.2, 0.25) is 0 Å². The monoisotopic (exact) mass is 231 g/mol. The van der Waals surface area contributed by atoms with Crippen molar-refractivity contribution in [3.63, 3.8) is 0 Å². The first kappa shape index (κ1) is 11.7. The van der Waals surface area contributed by atoms with Crippen molar-refractivity contribution in [2.45, 2.75) is 18.9 Å². The highest BCUT2D eigenvalue weighted by Crippen LogP contribution is 2.30. The summed E-state index contributed by atoms with van der Waals surface area (Å²) >= 11 is 0. The van der Waals surface area contributed by atoms with Crippen LogP contribution < -0.4 is 15.4 Å². The summed E-state index contributed by atoms with van der Waals surface area (Å²) in [6.07, 6.45) is 2.18. The predicted octanol–water partition coefficient (Wildman–Crippen LogP) is 1.73. The fourth-order valence-electron chi connectivity index (χ4n) is 1.97. The van der Waals surface area contributed by atoms with Crippen molar-refractivity contribution in [3.05, 3.63) is 23.8 Å². The molecule has 1 aromatic rings. The molecule has 1 heterocycles. The van der Waals surface area contributed by atoms with Gasteiger partial charge in [-0.25, -0.2) is 0 Å². The van der Waals surface area contributed by atoms with Crippen molar-refractivity contribution in [3.8, 4) is 11.8 Å². The molecule has 2 rings (SSSR count). The Balaban J connectivity index is 1.99. The normalized spacial score (nSPS) is 17.5. The molecule has 1 aliphatic heterocycles. The van der Waals surface area contributed by atoms with Crippen molar-refractivity contribution in [1.29, 1.82) is 5.26 Å². The van der Waals surface area contributed by atoms with Crippen LogP contribution in [0.4, 0.5) is 5.69 Å². The molecular formula is C13H17N3O. The summed E-state index contributed by atoms with van der Waals surface area (Å²) < 4.78 is 5.67. The molecule has 0 saturated carbocycles. The maximum Gasteiger partial charge on any atom is 0.142 e. The van der Waals surface area contributed by atoms with Gasteiger partial charge >= 0.3 is 0 Å². The van der Waals surface area contributed by atoms with Gasteiger partial charge in [-0.1, -0.05) is 0 Å². The van der Waals surface area contributed by atoms with Crippen LogP contribution in [-0.4, -0.2) is 26.2 Å². The van der Waals surface area contributed by atoms with Crippen LogP contribution in [0.25, 0.3) is 0 Å². The molecule has 0 radical (unpaired) electrons. The number of hydrogen-bond donors (Lipinski definition) is 2. The topological polar surface area (TPSA) is 57.1 Å². The van der Waals surface area contributed by atoms with E-state index >= 15 is 0 Å². The van der Waals surface area contributed by atoms with E-state index in [0.717, 1.165) is 30.8 Å². The van der Waals surface area contributed by atoms with E-state index < -0.39 is 0 Å². The van der Waals surface area contributed by atoms with Crippen molar-refractivity contribution in [1.82, 2.24) is 5.32 Å². The molecule has 0 bridgehead atoms. The van der Waals surface area contributed by atoms with Gasteiger partial charge in [-0.3, -0.25) is 0 Å². The van der Waals surface area contributed by atoms with Crippen LogP contribution >= 0.6 is 0 Å². The van der Waals surface area contributed by atoms with Gasteiger partial charge in [0.1, 0.15) is 12.4 Å². The van der Waals surface area contributed by atoms with E-state index in [0.29, 0.717) is 18.2 Å². The first-order valence-electron chi connectivity index (χ1n) is 5.91. The average Bonchev–Trinajstić information content (AvgIpc) is 2.38. The Bertz CT molecular complexity index is 425. The molecule has 0 spiro atoms. The maximum absolute atomic E-state index is 8.85. The van der Waals surface area contributed by atoms with Crippen molar-refractivity contribution in [2.24, 2.45) is 0 Å². The van der Waals surface area contributed by atoms with Gasteiger partial charge in [0, 0.05) is 0 Å². The second kappa shape index (κ2) is 5.55. The lowest BCUT2D eigenvalue weighted by molar-refractivity contribution is 0.276. The van der Waals surface area contributed by atoms with Crippen molar-refractivity contribution < 1.29 is 4.74 Å². The van der Waals surface area contributed by atoms with Crippen LogP contribution in [0.15, 0.2) is 18.2 Å². The number of fused-ring (bicyclic) bond motifs is 1. The fraction of sp³-hybridized carbons (Fsp3) is 0.462. The number of benzene rings is 1. The Kier molecular flexibility index (Phi) is 3.84. The first-order chi connectivity index (χ1) is 8.33. The number of ether oxygens (including phenoxy) is 1. The van der Waals surface area contributed by atoms with Crippen LogP contribution in [0, 0.1) is 11.3 Å². The Morgan fingerprint density at radius 1 is 1.59 bits per heavy atom. The lowest BCUT2D eigenvalue weighted by atomic mass is 10.1. The third-order valence-corrected chi connectivity index (χ3v) is 2.89. The van der Waals surface area contributed by atoms with E-state index in [9.17, 15) is 0 Å². The number of hydrogen-bond acceptors (Lipinski definition) is 4. The van der Waals surface area contributed by atoms with Gasteiger partial charge in [0.05, 0.1) is 23.4 Å². The molecular weight excluding hydrogens is 214 g/mol. The van der Waals surface area contributed by atoms with Crippen LogP contribution in [0.5, 0.6) is 5.75 Å². The van der Waals surface area contributed by atoms with E-state index in [-0.39, 0.29) is 0 Å². The smallest absolute Gasteiger partial charge is 0.142 e. The molecule has 1 unspecified atom stereocenters. The number of anilines is 1. The quantitative estimate of drug-likeness (QED) is 0.775. The summed E-state index contributed by atoms with van der Waals surface area (Å²) in [6, 6.07) is 7.95. The lowest BCUT2D eigenvalue weighted by Gasteiger charge is -2.27. The standard InChI is InChI=1S/C13H17N3O/c1-15-6-2-3-11-9-17-13-5-4-10(8-14)7-12(13)16-11/h4-5,7,11,15-16H,2-3,6,9H2,1H3. The molecule has 0 fully saturated rings. The molecule has 2 N–H and O–H groups in total. The van der Waals surface area contributed by atoms with Gasteiger partial charge < -0.3 is 15.4 Å². The fourth-order valence-corrected chi connectivity index (χ4v) is 1.97. The Labute approximate surface area is 102 Å². The average molecular weight is 231 g/mol. The van der Waals surface area contributed by atoms with Gasteiger partial charge in [-0.15, -0.1) is 0 Å². The zero-order chi connectivity index (χ0) is 12.1. The molecule has 4 nitrogen and oxygen atoms in total. The second-order valence-electron chi connectivity index (χ2n) is 4.22. The summed E-state index contributed by atoms with van der Waals surface area (Å²) in [4.78, 5) is 0. The Hall–Kier alpha value is -1.73. The third kappa shape index (κ3) is 2.89. The van der Waals surface area contributed by atoms with Gasteiger partial charge in [0.25, 0.3) is 0 Å². The molecule has 17 heavy (non-hydrogen) atoms. The molecule has 0 aliphatic carbocycles. The SMILES string of the molecule is CNCCCC1COc2ccc(C#N)cc2N1. The minimum atomic E-state index is 0.338. The van der Waals surface area contributed by atoms with E-state index in [1.807, 2.05) is 19.2 Å². The van der Waals surface area contributed by atoms with Gasteiger partial charge in [0.2, 0.25) is 0 Å². The highest BCUT2D eigenvalue weighted by Gasteiger charge is 2.18. The van der Waals surface area contributed by atoms with Crippen LogP contribution in [0.1, 0.15) is 18.4 Å². The van der Waals surface area contributed by atoms with Crippen molar-refractivity contribution in [2.75, 3.05) is 25.5 Å². The summed E-state index contributed by atoms with van der Waals surface area (Å²) in [7, 11) is 1.96. The first-order valence-corrected chi connectivity index (χ1v) is 5.91. The number of nitrogens with zero attached hydrogens (tertiary/aromatic N) is 1. The van der Waals surface area contributed by atoms with E-state index in [4.69, 9.17) is 10.00 Å². The molecule has 0 amide bonds. The third-order valence-electron chi connectivity index (χ3n) is 2.89. The van der Waals surface area contributed by atoms with E-state index in [2.05, 4.69) is 16.7 Å². The molecule has 90 valence electrons. The zero-order valence-corrected chi connectivity index (χ0v) is 9.99. The highest BCUT2D eigenvalue weighted by molar-refractivity contribution is 5.61.